The first-order valence-corrected chi connectivity index (χ1v) is 7.23. The van der Waals surface area contributed by atoms with Gasteiger partial charge in [-0.2, -0.15) is 0 Å². The predicted molar refractivity (Wildman–Crippen MR) is 79.8 cm³/mol. The van der Waals surface area contributed by atoms with Gasteiger partial charge in [0.2, 0.25) is 0 Å². The van der Waals surface area contributed by atoms with E-state index in [-0.39, 0.29) is 0 Å². The molecule has 0 amide bonds. The van der Waals surface area contributed by atoms with E-state index in [1.165, 1.54) is 11.1 Å². The molecule has 1 nitrogen and oxygen atoms in total. The Morgan fingerprint density at radius 3 is 2.35 bits per heavy atom. The number of benzene rings is 2. The molecular formula is C15H15IO. The molecule has 0 saturated heterocycles. The minimum Gasteiger partial charge on any atom is -0.489 e. The second-order valence-corrected chi connectivity index (χ2v) is 4.90. The molecule has 0 spiro atoms. The van der Waals surface area contributed by atoms with Gasteiger partial charge in [0.1, 0.15) is 12.4 Å². The molecule has 2 aromatic carbocycles. The topological polar surface area (TPSA) is 9.23 Å². The van der Waals surface area contributed by atoms with Crippen molar-refractivity contribution >= 4 is 22.6 Å². The lowest BCUT2D eigenvalue weighted by atomic mass is 10.1. The Kier molecular flexibility index (Phi) is 4.86. The van der Waals surface area contributed by atoms with E-state index in [0.717, 1.165) is 16.6 Å². The molecule has 0 N–H and O–H groups in total. The highest BCUT2D eigenvalue weighted by Crippen LogP contribution is 2.20. The van der Waals surface area contributed by atoms with Crippen molar-refractivity contribution in [1.29, 1.82) is 0 Å². The van der Waals surface area contributed by atoms with Crippen LogP contribution in [-0.2, 0) is 13.0 Å². The van der Waals surface area contributed by atoms with Crippen LogP contribution in [0, 0.1) is 0 Å². The quantitative estimate of drug-likeness (QED) is 0.585. The number of ether oxygens (including phenoxy) is 1. The summed E-state index contributed by atoms with van der Waals surface area (Å²) in [6.45, 7) is 0.638. The lowest BCUT2D eigenvalue weighted by Gasteiger charge is -2.10. The van der Waals surface area contributed by atoms with Gasteiger partial charge >= 0.3 is 0 Å². The summed E-state index contributed by atoms with van der Waals surface area (Å²) in [6.07, 6.45) is 1.06. The fourth-order valence-corrected chi connectivity index (χ4v) is 2.27. The highest BCUT2D eigenvalue weighted by Gasteiger charge is 2.02. The second kappa shape index (κ2) is 6.64. The average molecular weight is 338 g/mol. The van der Waals surface area contributed by atoms with Crippen LogP contribution >= 0.6 is 22.6 Å². The molecular weight excluding hydrogens is 323 g/mol. The van der Waals surface area contributed by atoms with Gasteiger partial charge in [0.05, 0.1) is 0 Å². The summed E-state index contributed by atoms with van der Waals surface area (Å²) in [6, 6.07) is 18.5. The van der Waals surface area contributed by atoms with Gasteiger partial charge in [-0.15, -0.1) is 0 Å². The maximum Gasteiger partial charge on any atom is 0.123 e. The number of rotatable bonds is 5. The van der Waals surface area contributed by atoms with Crippen molar-refractivity contribution < 1.29 is 4.74 Å². The standard InChI is InChI=1S/C15H15IO/c16-11-10-14-8-4-5-9-15(14)17-12-13-6-2-1-3-7-13/h1-9H,10-12H2. The fraction of sp³-hybridized carbons (Fsp3) is 0.200. The van der Waals surface area contributed by atoms with E-state index in [4.69, 9.17) is 4.74 Å². The summed E-state index contributed by atoms with van der Waals surface area (Å²) in [5, 5.41) is 0. The molecule has 2 rings (SSSR count). The van der Waals surface area contributed by atoms with Crippen LogP contribution in [0.25, 0.3) is 0 Å². The second-order valence-electron chi connectivity index (χ2n) is 3.82. The van der Waals surface area contributed by atoms with Crippen LogP contribution in [0.3, 0.4) is 0 Å². The molecule has 0 fully saturated rings. The number of alkyl halides is 1. The third kappa shape index (κ3) is 3.73. The van der Waals surface area contributed by atoms with Crippen molar-refractivity contribution in [2.24, 2.45) is 0 Å². The van der Waals surface area contributed by atoms with Gasteiger partial charge in [0.25, 0.3) is 0 Å². The summed E-state index contributed by atoms with van der Waals surface area (Å²) in [5.41, 5.74) is 2.50. The first kappa shape index (κ1) is 12.4. The van der Waals surface area contributed by atoms with Crippen LogP contribution in [0.5, 0.6) is 5.75 Å². The maximum atomic E-state index is 5.87. The van der Waals surface area contributed by atoms with Crippen molar-refractivity contribution in [2.75, 3.05) is 4.43 Å². The van der Waals surface area contributed by atoms with E-state index in [0.29, 0.717) is 6.61 Å². The summed E-state index contributed by atoms with van der Waals surface area (Å²) in [5.74, 6) is 1.01. The van der Waals surface area contributed by atoms with Crippen LogP contribution in [0.15, 0.2) is 54.6 Å². The van der Waals surface area contributed by atoms with Gasteiger partial charge in [-0.3, -0.25) is 0 Å². The van der Waals surface area contributed by atoms with Crippen LogP contribution < -0.4 is 4.74 Å². The summed E-state index contributed by atoms with van der Waals surface area (Å²) in [4.78, 5) is 0. The Morgan fingerprint density at radius 1 is 0.882 bits per heavy atom. The Morgan fingerprint density at radius 2 is 1.59 bits per heavy atom. The van der Waals surface area contributed by atoms with Gasteiger partial charge in [-0.05, 0) is 23.6 Å². The number of para-hydroxylation sites is 1. The van der Waals surface area contributed by atoms with E-state index in [2.05, 4.69) is 46.9 Å². The van der Waals surface area contributed by atoms with Gasteiger partial charge in [-0.25, -0.2) is 0 Å². The van der Waals surface area contributed by atoms with Crippen LogP contribution in [0.4, 0.5) is 0 Å². The number of halogens is 1. The largest absolute Gasteiger partial charge is 0.489 e. The van der Waals surface area contributed by atoms with E-state index in [9.17, 15) is 0 Å². The Hall–Kier alpha value is -1.03. The van der Waals surface area contributed by atoms with E-state index in [1.54, 1.807) is 0 Å². The molecule has 0 saturated carbocycles. The Bertz CT molecular complexity index is 453. The highest BCUT2D eigenvalue weighted by atomic mass is 127. The smallest absolute Gasteiger partial charge is 0.123 e. The molecule has 0 aliphatic carbocycles. The summed E-state index contributed by atoms with van der Waals surface area (Å²) < 4.78 is 6.99. The normalized spacial score (nSPS) is 10.2. The predicted octanol–water partition coefficient (Wildman–Crippen LogP) is 4.24. The lowest BCUT2D eigenvalue weighted by Crippen LogP contribution is -1.98. The monoisotopic (exact) mass is 338 g/mol. The Labute approximate surface area is 116 Å². The van der Waals surface area contributed by atoms with Crippen LogP contribution in [0.2, 0.25) is 0 Å². The molecule has 2 aromatic rings. The maximum absolute atomic E-state index is 5.87. The minimum absolute atomic E-state index is 0.638. The highest BCUT2D eigenvalue weighted by molar-refractivity contribution is 14.1. The van der Waals surface area contributed by atoms with Crippen molar-refractivity contribution in [3.05, 3.63) is 65.7 Å². The molecule has 0 atom stereocenters. The molecule has 0 radical (unpaired) electrons. The Balaban J connectivity index is 2.03. The van der Waals surface area contributed by atoms with Crippen molar-refractivity contribution in [2.45, 2.75) is 13.0 Å². The van der Waals surface area contributed by atoms with E-state index < -0.39 is 0 Å². The number of hydrogen-bond acceptors (Lipinski definition) is 1. The molecule has 2 heteroatoms. The molecule has 17 heavy (non-hydrogen) atoms. The number of aryl methyl sites for hydroxylation is 1. The van der Waals surface area contributed by atoms with Gasteiger partial charge in [0.15, 0.2) is 0 Å². The molecule has 88 valence electrons. The summed E-state index contributed by atoms with van der Waals surface area (Å²) in [7, 11) is 0. The van der Waals surface area contributed by atoms with Crippen molar-refractivity contribution in [3.8, 4) is 5.75 Å². The molecule has 0 heterocycles. The minimum atomic E-state index is 0.638. The molecule has 0 bridgehead atoms. The first-order chi connectivity index (χ1) is 8.40. The molecule has 0 unspecified atom stereocenters. The van der Waals surface area contributed by atoms with Crippen LogP contribution in [0.1, 0.15) is 11.1 Å². The average Bonchev–Trinajstić information content (AvgIpc) is 2.39. The van der Waals surface area contributed by atoms with Crippen molar-refractivity contribution in [3.63, 3.8) is 0 Å². The molecule has 0 aliphatic heterocycles. The third-order valence-corrected chi connectivity index (χ3v) is 3.11. The fourth-order valence-electron chi connectivity index (χ4n) is 1.69. The lowest BCUT2D eigenvalue weighted by molar-refractivity contribution is 0.303. The number of hydrogen-bond donors (Lipinski definition) is 0. The zero-order valence-electron chi connectivity index (χ0n) is 9.60. The first-order valence-electron chi connectivity index (χ1n) is 5.71. The third-order valence-electron chi connectivity index (χ3n) is 2.57. The van der Waals surface area contributed by atoms with Gasteiger partial charge < -0.3 is 4.74 Å². The summed E-state index contributed by atoms with van der Waals surface area (Å²) >= 11 is 2.39. The van der Waals surface area contributed by atoms with Gasteiger partial charge in [0, 0.05) is 4.43 Å². The van der Waals surface area contributed by atoms with Crippen LogP contribution in [-0.4, -0.2) is 4.43 Å². The molecule has 0 aliphatic rings. The van der Waals surface area contributed by atoms with Crippen molar-refractivity contribution in [1.82, 2.24) is 0 Å². The zero-order valence-corrected chi connectivity index (χ0v) is 11.8. The SMILES string of the molecule is ICCc1ccccc1OCc1ccccc1. The van der Waals surface area contributed by atoms with E-state index >= 15 is 0 Å². The van der Waals surface area contributed by atoms with E-state index in [1.807, 2.05) is 30.3 Å². The zero-order chi connectivity index (χ0) is 11.9. The molecule has 0 aromatic heterocycles. The van der Waals surface area contributed by atoms with Gasteiger partial charge in [-0.1, -0.05) is 71.1 Å².